The Morgan fingerprint density at radius 1 is 1.15 bits per heavy atom. The van der Waals surface area contributed by atoms with Crippen LogP contribution >= 0.6 is 0 Å². The van der Waals surface area contributed by atoms with E-state index in [1.54, 1.807) is 19.4 Å². The second-order valence-corrected chi connectivity index (χ2v) is 6.92. The minimum atomic E-state index is -0.184. The summed E-state index contributed by atoms with van der Waals surface area (Å²) in [6, 6.07) is 9.88. The van der Waals surface area contributed by atoms with Gasteiger partial charge in [-0.25, -0.2) is 9.97 Å². The van der Waals surface area contributed by atoms with E-state index in [1.807, 2.05) is 24.3 Å². The summed E-state index contributed by atoms with van der Waals surface area (Å²) in [6.07, 6.45) is 9.69. The molecule has 6 nitrogen and oxygen atoms in total. The van der Waals surface area contributed by atoms with Gasteiger partial charge >= 0.3 is 0 Å². The summed E-state index contributed by atoms with van der Waals surface area (Å²) in [5.74, 6) is 1.19. The Hall–Kier alpha value is -2.63. The first-order chi connectivity index (χ1) is 13.3. The standard InChI is InChI=1S/C21H28N4O2/c1-27-19-11-7-6-8-16(19)12-14-22-20(26)18-13-15-23-21(25-18)24-17-9-4-2-3-5-10-17/h6-8,11,13,15,17H,2-5,9-10,12,14H2,1H3,(H,22,26)(H,23,24,25). The van der Waals surface area contributed by atoms with E-state index in [4.69, 9.17) is 4.74 Å². The van der Waals surface area contributed by atoms with Crippen LogP contribution in [0.15, 0.2) is 36.5 Å². The molecule has 1 aromatic heterocycles. The molecular formula is C21H28N4O2. The third kappa shape index (κ3) is 5.67. The molecule has 1 aromatic carbocycles. The van der Waals surface area contributed by atoms with Gasteiger partial charge in [0.2, 0.25) is 5.95 Å². The van der Waals surface area contributed by atoms with Crippen LogP contribution < -0.4 is 15.4 Å². The Kier molecular flexibility index (Phi) is 7.02. The van der Waals surface area contributed by atoms with Gasteiger partial charge in [-0.05, 0) is 37.0 Å². The van der Waals surface area contributed by atoms with Crippen molar-refractivity contribution in [3.8, 4) is 5.75 Å². The van der Waals surface area contributed by atoms with Crippen LogP contribution in [-0.4, -0.2) is 35.6 Å². The van der Waals surface area contributed by atoms with Gasteiger partial charge in [-0.3, -0.25) is 4.79 Å². The SMILES string of the molecule is COc1ccccc1CCNC(=O)c1ccnc(NC2CCCCCC2)n1. The fraction of sp³-hybridized carbons (Fsp3) is 0.476. The van der Waals surface area contributed by atoms with Gasteiger partial charge in [-0.1, -0.05) is 43.9 Å². The molecule has 0 radical (unpaired) electrons. The number of nitrogens with zero attached hydrogens (tertiary/aromatic N) is 2. The first kappa shape index (κ1) is 19.1. The zero-order valence-electron chi connectivity index (χ0n) is 15.9. The lowest BCUT2D eigenvalue weighted by Crippen LogP contribution is -2.27. The summed E-state index contributed by atoms with van der Waals surface area (Å²) >= 11 is 0. The van der Waals surface area contributed by atoms with Crippen molar-refractivity contribution in [2.24, 2.45) is 0 Å². The van der Waals surface area contributed by atoms with Crippen molar-refractivity contribution in [1.29, 1.82) is 0 Å². The zero-order chi connectivity index (χ0) is 18.9. The van der Waals surface area contributed by atoms with Crippen LogP contribution in [0.4, 0.5) is 5.95 Å². The highest BCUT2D eigenvalue weighted by Gasteiger charge is 2.14. The molecule has 0 aliphatic heterocycles. The maximum Gasteiger partial charge on any atom is 0.270 e. The summed E-state index contributed by atoms with van der Waals surface area (Å²) in [7, 11) is 1.65. The Balaban J connectivity index is 1.53. The van der Waals surface area contributed by atoms with Gasteiger partial charge in [-0.2, -0.15) is 0 Å². The summed E-state index contributed by atoms with van der Waals surface area (Å²) in [4.78, 5) is 21.1. The van der Waals surface area contributed by atoms with Gasteiger partial charge in [0.15, 0.2) is 0 Å². The van der Waals surface area contributed by atoms with Crippen LogP contribution in [0, 0.1) is 0 Å². The molecule has 1 saturated carbocycles. The third-order valence-corrected chi connectivity index (χ3v) is 4.95. The van der Waals surface area contributed by atoms with Crippen LogP contribution in [0.1, 0.15) is 54.6 Å². The van der Waals surface area contributed by atoms with Crippen molar-refractivity contribution >= 4 is 11.9 Å². The van der Waals surface area contributed by atoms with Gasteiger partial charge in [0.25, 0.3) is 5.91 Å². The number of rotatable bonds is 7. The molecule has 1 heterocycles. The molecule has 2 aromatic rings. The molecule has 0 unspecified atom stereocenters. The molecule has 1 fully saturated rings. The molecule has 1 aliphatic carbocycles. The van der Waals surface area contributed by atoms with Gasteiger partial charge < -0.3 is 15.4 Å². The Morgan fingerprint density at radius 2 is 1.93 bits per heavy atom. The van der Waals surface area contributed by atoms with Crippen LogP contribution in [0.25, 0.3) is 0 Å². The minimum absolute atomic E-state index is 0.184. The quantitative estimate of drug-likeness (QED) is 0.731. The van der Waals surface area contributed by atoms with E-state index < -0.39 is 0 Å². The molecule has 2 N–H and O–H groups in total. The summed E-state index contributed by atoms with van der Waals surface area (Å²) in [6.45, 7) is 0.522. The molecule has 27 heavy (non-hydrogen) atoms. The average molecular weight is 368 g/mol. The highest BCUT2D eigenvalue weighted by Crippen LogP contribution is 2.20. The van der Waals surface area contributed by atoms with E-state index in [9.17, 15) is 4.79 Å². The lowest BCUT2D eigenvalue weighted by atomic mass is 10.1. The maximum atomic E-state index is 12.4. The van der Waals surface area contributed by atoms with Crippen molar-refractivity contribution in [2.75, 3.05) is 19.0 Å². The summed E-state index contributed by atoms with van der Waals surface area (Å²) in [5.41, 5.74) is 1.46. The van der Waals surface area contributed by atoms with E-state index in [-0.39, 0.29) is 5.91 Å². The van der Waals surface area contributed by atoms with Gasteiger partial charge in [0, 0.05) is 18.8 Å². The minimum Gasteiger partial charge on any atom is -0.496 e. The third-order valence-electron chi connectivity index (χ3n) is 4.95. The molecule has 0 bridgehead atoms. The number of hydrogen-bond acceptors (Lipinski definition) is 5. The molecule has 1 aliphatic rings. The number of ether oxygens (including phenoxy) is 1. The van der Waals surface area contributed by atoms with Gasteiger partial charge in [-0.15, -0.1) is 0 Å². The molecular weight excluding hydrogens is 340 g/mol. The van der Waals surface area contributed by atoms with E-state index in [0.29, 0.717) is 30.6 Å². The largest absolute Gasteiger partial charge is 0.496 e. The fourth-order valence-electron chi connectivity index (χ4n) is 3.47. The van der Waals surface area contributed by atoms with E-state index in [0.717, 1.165) is 24.2 Å². The number of carbonyl (C=O) groups is 1. The number of para-hydroxylation sites is 1. The van der Waals surface area contributed by atoms with Gasteiger partial charge in [0.05, 0.1) is 7.11 Å². The monoisotopic (exact) mass is 368 g/mol. The number of benzene rings is 1. The number of carbonyl (C=O) groups excluding carboxylic acids is 1. The topological polar surface area (TPSA) is 76.1 Å². The fourth-order valence-corrected chi connectivity index (χ4v) is 3.47. The molecule has 144 valence electrons. The molecule has 0 saturated heterocycles. The highest BCUT2D eigenvalue weighted by molar-refractivity contribution is 5.92. The number of anilines is 1. The molecule has 1 amide bonds. The predicted octanol–water partition coefficient (Wildman–Crippen LogP) is 3.59. The van der Waals surface area contributed by atoms with Crippen molar-refractivity contribution < 1.29 is 9.53 Å². The van der Waals surface area contributed by atoms with Crippen LogP contribution in [0.5, 0.6) is 5.75 Å². The first-order valence-corrected chi connectivity index (χ1v) is 9.76. The van der Waals surface area contributed by atoms with E-state index in [1.165, 1.54) is 25.7 Å². The lowest BCUT2D eigenvalue weighted by molar-refractivity contribution is 0.0949. The number of methoxy groups -OCH3 is 1. The molecule has 0 atom stereocenters. The van der Waals surface area contributed by atoms with Crippen LogP contribution in [0.2, 0.25) is 0 Å². The maximum absolute atomic E-state index is 12.4. The molecule has 6 heteroatoms. The number of nitrogens with one attached hydrogen (secondary N) is 2. The van der Waals surface area contributed by atoms with Crippen molar-refractivity contribution in [2.45, 2.75) is 51.0 Å². The molecule has 3 rings (SSSR count). The predicted molar refractivity (Wildman–Crippen MR) is 106 cm³/mol. The Morgan fingerprint density at radius 3 is 2.70 bits per heavy atom. The number of hydrogen-bond donors (Lipinski definition) is 2. The van der Waals surface area contributed by atoms with Crippen LogP contribution in [0.3, 0.4) is 0 Å². The lowest BCUT2D eigenvalue weighted by Gasteiger charge is -2.16. The van der Waals surface area contributed by atoms with Crippen LogP contribution in [-0.2, 0) is 6.42 Å². The summed E-state index contributed by atoms with van der Waals surface area (Å²) in [5, 5.41) is 6.32. The second-order valence-electron chi connectivity index (χ2n) is 6.92. The Labute approximate surface area is 160 Å². The Bertz CT molecular complexity index is 742. The average Bonchev–Trinajstić information content (AvgIpc) is 2.97. The van der Waals surface area contributed by atoms with Crippen molar-refractivity contribution in [1.82, 2.24) is 15.3 Å². The van der Waals surface area contributed by atoms with E-state index in [2.05, 4.69) is 20.6 Å². The smallest absolute Gasteiger partial charge is 0.270 e. The van der Waals surface area contributed by atoms with E-state index >= 15 is 0 Å². The normalized spacial score (nSPS) is 15.0. The number of aromatic nitrogens is 2. The summed E-state index contributed by atoms with van der Waals surface area (Å²) < 4.78 is 5.34. The van der Waals surface area contributed by atoms with Crippen molar-refractivity contribution in [3.63, 3.8) is 0 Å². The number of amides is 1. The second kappa shape index (κ2) is 9.90. The first-order valence-electron chi connectivity index (χ1n) is 9.76. The van der Waals surface area contributed by atoms with Gasteiger partial charge in [0.1, 0.15) is 11.4 Å². The van der Waals surface area contributed by atoms with Crippen molar-refractivity contribution in [3.05, 3.63) is 47.8 Å². The molecule has 0 spiro atoms. The highest BCUT2D eigenvalue weighted by atomic mass is 16.5. The zero-order valence-corrected chi connectivity index (χ0v) is 15.9.